The second-order valence-electron chi connectivity index (χ2n) is 5.40. The summed E-state index contributed by atoms with van der Waals surface area (Å²) in [5.41, 5.74) is 4.76. The average Bonchev–Trinajstić information content (AvgIpc) is 2.63. The first kappa shape index (κ1) is 20.8. The molecule has 1 fully saturated rings. The van der Waals surface area contributed by atoms with Gasteiger partial charge in [-0.25, -0.2) is 17.6 Å². The fraction of sp³-hybridized carbons (Fsp3) is 0.462. The fourth-order valence-corrected chi connectivity index (χ4v) is 2.43. The summed E-state index contributed by atoms with van der Waals surface area (Å²) in [6.45, 7) is -0.809. The predicted molar refractivity (Wildman–Crippen MR) is 76.3 cm³/mol. The molecule has 1 heterocycles. The number of amides is 1. The SMILES string of the molecule is [N-]=[N+]=Nc1c(F)c(F)c(C(=O)NC2C(O)[C@H](O)C(CO)O[C@H]2O)c(F)c1F. The summed E-state index contributed by atoms with van der Waals surface area (Å²) in [5.74, 6) is -10.5. The molecule has 2 rings (SSSR count). The summed E-state index contributed by atoms with van der Waals surface area (Å²) >= 11 is 0. The van der Waals surface area contributed by atoms with E-state index in [9.17, 15) is 37.7 Å². The normalized spacial score (nSPS) is 27.8. The van der Waals surface area contributed by atoms with Gasteiger partial charge in [0.05, 0.1) is 6.61 Å². The van der Waals surface area contributed by atoms with Crippen molar-refractivity contribution in [3.8, 4) is 0 Å². The second kappa shape index (κ2) is 8.04. The third kappa shape index (κ3) is 3.66. The number of benzene rings is 1. The minimum absolute atomic E-state index is 0.809. The van der Waals surface area contributed by atoms with Gasteiger partial charge in [-0.15, -0.1) is 0 Å². The van der Waals surface area contributed by atoms with Gasteiger partial charge >= 0.3 is 0 Å². The Morgan fingerprint density at radius 1 is 1.11 bits per heavy atom. The average molecular weight is 396 g/mol. The van der Waals surface area contributed by atoms with Gasteiger partial charge in [-0.1, -0.05) is 5.11 Å². The van der Waals surface area contributed by atoms with Gasteiger partial charge in [-0.3, -0.25) is 4.79 Å². The van der Waals surface area contributed by atoms with E-state index < -0.39 is 77.7 Å². The molecule has 0 bridgehead atoms. The van der Waals surface area contributed by atoms with Crippen LogP contribution in [0, 0.1) is 23.3 Å². The van der Waals surface area contributed by atoms with E-state index in [0.29, 0.717) is 0 Å². The first-order valence-corrected chi connectivity index (χ1v) is 7.18. The van der Waals surface area contributed by atoms with Crippen molar-refractivity contribution in [1.82, 2.24) is 5.32 Å². The molecule has 1 aliphatic heterocycles. The van der Waals surface area contributed by atoms with Gasteiger partial charge in [0.2, 0.25) is 0 Å². The molecule has 14 heteroatoms. The van der Waals surface area contributed by atoms with Gasteiger partial charge in [0.15, 0.2) is 29.6 Å². The Labute approximate surface area is 147 Å². The largest absolute Gasteiger partial charge is 0.394 e. The fourth-order valence-electron chi connectivity index (χ4n) is 2.43. The highest BCUT2D eigenvalue weighted by Gasteiger charge is 2.45. The maximum atomic E-state index is 14.0. The standard InChI is InChI=1S/C13H12F4N4O6/c14-4-3(5(15)7(17)8(6(4)16)20-21-18)12(25)19-9-11(24)10(23)2(1-22)27-13(9)26/h2,9-11,13,22-24,26H,1H2,(H,19,25)/t2?,9?,10-,11?,13-/m1/s1. The summed E-state index contributed by atoms with van der Waals surface area (Å²) in [4.78, 5) is 14.0. The summed E-state index contributed by atoms with van der Waals surface area (Å²) in [7, 11) is 0. The molecule has 0 aromatic heterocycles. The quantitative estimate of drug-likeness (QED) is 0.154. The highest BCUT2D eigenvalue weighted by Crippen LogP contribution is 2.31. The van der Waals surface area contributed by atoms with E-state index in [2.05, 4.69) is 5.11 Å². The summed E-state index contributed by atoms with van der Waals surface area (Å²) in [6, 6.07) is -1.86. The lowest BCUT2D eigenvalue weighted by atomic mass is 9.96. The lowest BCUT2D eigenvalue weighted by molar-refractivity contribution is -0.252. The number of azide groups is 1. The summed E-state index contributed by atoms with van der Waals surface area (Å²) < 4.78 is 60.1. The third-order valence-corrected chi connectivity index (χ3v) is 3.81. The molecule has 0 saturated carbocycles. The molecule has 10 nitrogen and oxygen atoms in total. The minimum atomic E-state index is -2.19. The van der Waals surface area contributed by atoms with Crippen LogP contribution in [0.5, 0.6) is 0 Å². The highest BCUT2D eigenvalue weighted by atomic mass is 19.2. The van der Waals surface area contributed by atoms with Crippen molar-refractivity contribution in [2.45, 2.75) is 30.6 Å². The molecule has 27 heavy (non-hydrogen) atoms. The second-order valence-corrected chi connectivity index (χ2v) is 5.40. The number of carbonyl (C=O) groups excluding carboxylic acids is 1. The Bertz CT molecular complexity index is 776. The molecule has 0 aliphatic carbocycles. The molecule has 0 radical (unpaired) electrons. The molecule has 5 atom stereocenters. The Morgan fingerprint density at radius 3 is 2.15 bits per heavy atom. The summed E-state index contributed by atoms with van der Waals surface area (Å²) in [5, 5.41) is 42.3. The minimum Gasteiger partial charge on any atom is -0.394 e. The number of halogens is 4. The Kier molecular flexibility index (Phi) is 6.20. The van der Waals surface area contributed by atoms with Crippen LogP contribution in [0.25, 0.3) is 10.4 Å². The van der Waals surface area contributed by atoms with Crippen LogP contribution in [-0.4, -0.2) is 63.6 Å². The summed E-state index contributed by atoms with van der Waals surface area (Å²) in [6.07, 6.45) is -7.22. The molecule has 1 aromatic rings. The van der Waals surface area contributed by atoms with E-state index in [1.807, 2.05) is 4.91 Å². The van der Waals surface area contributed by atoms with Crippen molar-refractivity contribution in [2.75, 3.05) is 6.61 Å². The molecule has 3 unspecified atom stereocenters. The zero-order chi connectivity index (χ0) is 20.5. The number of carbonyl (C=O) groups is 1. The maximum absolute atomic E-state index is 14.0. The number of rotatable bonds is 4. The molecule has 148 valence electrons. The topological polar surface area (TPSA) is 168 Å². The monoisotopic (exact) mass is 396 g/mol. The number of aliphatic hydroxyl groups is 4. The first-order chi connectivity index (χ1) is 12.6. The predicted octanol–water partition coefficient (Wildman–Crippen LogP) is -0.286. The third-order valence-electron chi connectivity index (χ3n) is 3.81. The van der Waals surface area contributed by atoms with Crippen molar-refractivity contribution < 1.29 is 47.5 Å². The molecular weight excluding hydrogens is 384 g/mol. The number of hydrogen-bond donors (Lipinski definition) is 5. The molecule has 0 spiro atoms. The van der Waals surface area contributed by atoms with Gasteiger partial charge in [0, 0.05) is 4.91 Å². The lowest BCUT2D eigenvalue weighted by Gasteiger charge is -2.40. The van der Waals surface area contributed by atoms with Crippen LogP contribution in [-0.2, 0) is 4.74 Å². The molecule has 1 aliphatic rings. The van der Waals surface area contributed by atoms with E-state index in [4.69, 9.17) is 15.4 Å². The van der Waals surface area contributed by atoms with E-state index in [-0.39, 0.29) is 0 Å². The smallest absolute Gasteiger partial charge is 0.257 e. The van der Waals surface area contributed by atoms with Crippen LogP contribution in [0.1, 0.15) is 10.4 Å². The number of nitrogens with one attached hydrogen (secondary N) is 1. The van der Waals surface area contributed by atoms with E-state index in [0.717, 1.165) is 0 Å². The van der Waals surface area contributed by atoms with Crippen molar-refractivity contribution in [2.24, 2.45) is 5.11 Å². The van der Waals surface area contributed by atoms with E-state index in [1.54, 1.807) is 5.32 Å². The van der Waals surface area contributed by atoms with Crippen LogP contribution in [0.2, 0.25) is 0 Å². The number of hydrogen-bond acceptors (Lipinski definition) is 7. The van der Waals surface area contributed by atoms with Crippen LogP contribution in [0.4, 0.5) is 23.2 Å². The molecule has 5 N–H and O–H groups in total. The Hall–Kier alpha value is -2.48. The first-order valence-electron chi connectivity index (χ1n) is 7.18. The molecular formula is C13H12F4N4O6. The van der Waals surface area contributed by atoms with Gasteiger partial charge in [-0.2, -0.15) is 0 Å². The van der Waals surface area contributed by atoms with Gasteiger partial charge in [-0.05, 0) is 5.53 Å². The van der Waals surface area contributed by atoms with Gasteiger partial charge < -0.3 is 30.5 Å². The number of ether oxygens (including phenoxy) is 1. The van der Waals surface area contributed by atoms with Crippen LogP contribution < -0.4 is 5.32 Å². The van der Waals surface area contributed by atoms with Crippen molar-refractivity contribution in [1.29, 1.82) is 0 Å². The van der Waals surface area contributed by atoms with Crippen LogP contribution in [0.15, 0.2) is 5.11 Å². The molecule has 1 aromatic carbocycles. The highest BCUT2D eigenvalue weighted by molar-refractivity contribution is 5.95. The molecule has 1 amide bonds. The molecule has 1 saturated heterocycles. The van der Waals surface area contributed by atoms with Gasteiger partial charge in [0.25, 0.3) is 5.91 Å². The van der Waals surface area contributed by atoms with Crippen LogP contribution >= 0.6 is 0 Å². The van der Waals surface area contributed by atoms with Crippen molar-refractivity contribution >= 4 is 11.6 Å². The van der Waals surface area contributed by atoms with Crippen LogP contribution in [0.3, 0.4) is 0 Å². The van der Waals surface area contributed by atoms with E-state index >= 15 is 0 Å². The number of aliphatic hydroxyl groups excluding tert-OH is 4. The zero-order valence-electron chi connectivity index (χ0n) is 13.1. The van der Waals surface area contributed by atoms with Crippen molar-refractivity contribution in [3.05, 3.63) is 39.3 Å². The number of nitrogens with zero attached hydrogens (tertiary/aromatic N) is 3. The van der Waals surface area contributed by atoms with Gasteiger partial charge in [0.1, 0.15) is 35.6 Å². The Morgan fingerprint density at radius 2 is 1.67 bits per heavy atom. The maximum Gasteiger partial charge on any atom is 0.257 e. The Balaban J connectivity index is 2.38. The van der Waals surface area contributed by atoms with E-state index in [1.165, 1.54) is 0 Å². The zero-order valence-corrected chi connectivity index (χ0v) is 13.1. The van der Waals surface area contributed by atoms with Crippen molar-refractivity contribution in [3.63, 3.8) is 0 Å². The lowest BCUT2D eigenvalue weighted by Crippen LogP contribution is -2.64.